The Hall–Kier alpha value is -2.88. The number of hydrogen-bond donors (Lipinski definition) is 2. The molecule has 1 heterocycles. The van der Waals surface area contributed by atoms with E-state index in [1.165, 1.54) is 18.7 Å². The van der Waals surface area contributed by atoms with Gasteiger partial charge < -0.3 is 10.1 Å². The molecule has 0 aliphatic heterocycles. The summed E-state index contributed by atoms with van der Waals surface area (Å²) in [5.74, 6) is -0.988. The van der Waals surface area contributed by atoms with E-state index in [9.17, 15) is 19.2 Å². The SMILES string of the molecule is CNC(=O)NC(=O)[C@@H](C)Sc1nc2ccccc2c(=O)n1CCC(=O)OC. The molecule has 3 amide bonds. The van der Waals surface area contributed by atoms with Crippen molar-refractivity contribution in [2.45, 2.75) is 30.3 Å². The molecule has 0 saturated heterocycles. The van der Waals surface area contributed by atoms with E-state index in [2.05, 4.69) is 20.4 Å². The fourth-order valence-corrected chi connectivity index (χ4v) is 3.16. The largest absolute Gasteiger partial charge is 0.469 e. The number of aromatic nitrogens is 2. The monoisotopic (exact) mass is 392 g/mol. The van der Waals surface area contributed by atoms with Crippen LogP contribution in [0, 0.1) is 0 Å². The number of nitrogens with one attached hydrogen (secondary N) is 2. The van der Waals surface area contributed by atoms with Crippen molar-refractivity contribution in [3.63, 3.8) is 0 Å². The third-order valence-corrected chi connectivity index (χ3v) is 4.80. The Morgan fingerprint density at radius 3 is 2.67 bits per heavy atom. The molecule has 0 unspecified atom stereocenters. The van der Waals surface area contributed by atoms with Gasteiger partial charge in [-0.2, -0.15) is 0 Å². The summed E-state index contributed by atoms with van der Waals surface area (Å²) in [7, 11) is 2.67. The molecule has 1 aromatic carbocycles. The van der Waals surface area contributed by atoms with Crippen molar-refractivity contribution in [1.82, 2.24) is 20.2 Å². The Morgan fingerprint density at radius 1 is 1.30 bits per heavy atom. The second-order valence-corrected chi connectivity index (χ2v) is 6.83. The zero-order chi connectivity index (χ0) is 20.0. The molecule has 27 heavy (non-hydrogen) atoms. The Morgan fingerprint density at radius 2 is 2.00 bits per heavy atom. The summed E-state index contributed by atoms with van der Waals surface area (Å²) >= 11 is 1.03. The summed E-state index contributed by atoms with van der Waals surface area (Å²) in [6.45, 7) is 1.66. The summed E-state index contributed by atoms with van der Waals surface area (Å²) in [6.07, 6.45) is -0.0111. The number of hydrogen-bond acceptors (Lipinski definition) is 7. The lowest BCUT2D eigenvalue weighted by Crippen LogP contribution is -2.41. The number of imide groups is 1. The van der Waals surface area contributed by atoms with E-state index in [1.54, 1.807) is 31.2 Å². The highest BCUT2D eigenvalue weighted by atomic mass is 32.2. The summed E-state index contributed by atoms with van der Waals surface area (Å²) in [5.41, 5.74) is 0.170. The van der Waals surface area contributed by atoms with Gasteiger partial charge in [-0.1, -0.05) is 23.9 Å². The zero-order valence-electron chi connectivity index (χ0n) is 15.1. The molecule has 2 aromatic rings. The first-order valence-electron chi connectivity index (χ1n) is 8.13. The summed E-state index contributed by atoms with van der Waals surface area (Å²) in [5, 5.41) is 4.47. The van der Waals surface area contributed by atoms with Crippen LogP contribution in [0.1, 0.15) is 13.3 Å². The number of carbonyl (C=O) groups excluding carboxylic acids is 3. The van der Waals surface area contributed by atoms with Crippen molar-refractivity contribution in [3.05, 3.63) is 34.6 Å². The van der Waals surface area contributed by atoms with Crippen LogP contribution in [0.4, 0.5) is 4.79 Å². The smallest absolute Gasteiger partial charge is 0.321 e. The van der Waals surface area contributed by atoms with E-state index < -0.39 is 23.2 Å². The number of benzene rings is 1. The van der Waals surface area contributed by atoms with Crippen LogP contribution in [0.5, 0.6) is 0 Å². The van der Waals surface area contributed by atoms with Gasteiger partial charge in [0, 0.05) is 13.6 Å². The zero-order valence-corrected chi connectivity index (χ0v) is 16.0. The molecular weight excluding hydrogens is 372 g/mol. The Kier molecular flexibility index (Phi) is 6.94. The van der Waals surface area contributed by atoms with Gasteiger partial charge in [-0.3, -0.25) is 24.3 Å². The normalized spacial score (nSPS) is 11.7. The Bertz CT molecular complexity index is 927. The van der Waals surface area contributed by atoms with Gasteiger partial charge >= 0.3 is 12.0 Å². The molecule has 0 saturated carbocycles. The summed E-state index contributed by atoms with van der Waals surface area (Å²) in [6, 6.07) is 6.20. The fourth-order valence-electron chi connectivity index (χ4n) is 2.23. The van der Waals surface area contributed by atoms with Gasteiger partial charge in [0.05, 0.1) is 29.7 Å². The van der Waals surface area contributed by atoms with E-state index in [-0.39, 0.29) is 23.7 Å². The van der Waals surface area contributed by atoms with Crippen LogP contribution in [0.3, 0.4) is 0 Å². The van der Waals surface area contributed by atoms with Gasteiger partial charge in [0.15, 0.2) is 5.16 Å². The number of esters is 1. The lowest BCUT2D eigenvalue weighted by Gasteiger charge is -2.15. The average molecular weight is 392 g/mol. The van der Waals surface area contributed by atoms with Crippen LogP contribution in [0.25, 0.3) is 10.9 Å². The first-order valence-corrected chi connectivity index (χ1v) is 9.01. The predicted molar refractivity (Wildman–Crippen MR) is 101 cm³/mol. The maximum Gasteiger partial charge on any atom is 0.321 e. The molecule has 2 N–H and O–H groups in total. The first-order chi connectivity index (χ1) is 12.9. The number of thioether (sulfide) groups is 1. The highest BCUT2D eigenvalue weighted by molar-refractivity contribution is 8.00. The fraction of sp³-hybridized carbons (Fsp3) is 0.353. The quantitative estimate of drug-likeness (QED) is 0.426. The van der Waals surface area contributed by atoms with Gasteiger partial charge in [0.1, 0.15) is 0 Å². The Labute approximate surface area is 159 Å². The molecule has 0 spiro atoms. The molecule has 9 nitrogen and oxygen atoms in total. The molecule has 0 bridgehead atoms. The first kappa shape index (κ1) is 20.4. The molecule has 0 aliphatic rings. The number of ether oxygens (including phenoxy) is 1. The number of para-hydroxylation sites is 1. The maximum atomic E-state index is 12.8. The van der Waals surface area contributed by atoms with E-state index in [1.807, 2.05) is 0 Å². The van der Waals surface area contributed by atoms with Crippen LogP contribution >= 0.6 is 11.8 Å². The maximum absolute atomic E-state index is 12.8. The molecule has 144 valence electrons. The lowest BCUT2D eigenvalue weighted by atomic mass is 10.2. The third kappa shape index (κ3) is 5.07. The Balaban J connectivity index is 2.37. The van der Waals surface area contributed by atoms with Crippen LogP contribution in [-0.4, -0.2) is 46.9 Å². The number of rotatable bonds is 6. The molecule has 0 fully saturated rings. The van der Waals surface area contributed by atoms with Crippen LogP contribution in [0.15, 0.2) is 34.2 Å². The number of fused-ring (bicyclic) bond motifs is 1. The number of methoxy groups -OCH3 is 1. The second-order valence-electron chi connectivity index (χ2n) is 5.52. The van der Waals surface area contributed by atoms with Crippen molar-refractivity contribution >= 4 is 40.6 Å². The standard InChI is InChI=1S/C17H20N4O5S/c1-10(14(23)20-16(25)18-2)27-17-19-12-7-5-4-6-11(12)15(24)21(17)9-8-13(22)26-3/h4-7,10H,8-9H2,1-3H3,(H2,18,20,23,25)/t10-/m1/s1. The van der Waals surface area contributed by atoms with Crippen molar-refractivity contribution in [3.8, 4) is 0 Å². The van der Waals surface area contributed by atoms with Gasteiger partial charge in [0.2, 0.25) is 5.91 Å². The van der Waals surface area contributed by atoms with Crippen molar-refractivity contribution in [2.75, 3.05) is 14.2 Å². The lowest BCUT2D eigenvalue weighted by molar-refractivity contribution is -0.140. The minimum atomic E-state index is -0.695. The molecule has 0 aliphatic carbocycles. The van der Waals surface area contributed by atoms with E-state index in [4.69, 9.17) is 0 Å². The number of amides is 3. The number of carbonyl (C=O) groups is 3. The van der Waals surface area contributed by atoms with E-state index in [0.29, 0.717) is 10.9 Å². The topological polar surface area (TPSA) is 119 Å². The number of urea groups is 1. The average Bonchev–Trinajstić information content (AvgIpc) is 2.67. The van der Waals surface area contributed by atoms with Crippen LogP contribution < -0.4 is 16.2 Å². The van der Waals surface area contributed by atoms with Gasteiger partial charge in [-0.25, -0.2) is 9.78 Å². The minimum Gasteiger partial charge on any atom is -0.469 e. The third-order valence-electron chi connectivity index (χ3n) is 3.71. The summed E-state index contributed by atoms with van der Waals surface area (Å²) in [4.78, 5) is 52.2. The van der Waals surface area contributed by atoms with Crippen molar-refractivity contribution in [1.29, 1.82) is 0 Å². The van der Waals surface area contributed by atoms with Crippen molar-refractivity contribution in [2.24, 2.45) is 0 Å². The second kappa shape index (κ2) is 9.17. The van der Waals surface area contributed by atoms with Crippen LogP contribution in [-0.2, 0) is 20.9 Å². The van der Waals surface area contributed by atoms with Crippen molar-refractivity contribution < 1.29 is 19.1 Å². The minimum absolute atomic E-state index is 0.0111. The van der Waals surface area contributed by atoms with Gasteiger partial charge in [-0.15, -0.1) is 0 Å². The highest BCUT2D eigenvalue weighted by Gasteiger charge is 2.21. The summed E-state index contributed by atoms with van der Waals surface area (Å²) < 4.78 is 5.97. The molecule has 0 radical (unpaired) electrons. The molecular formula is C17H20N4O5S. The highest BCUT2D eigenvalue weighted by Crippen LogP contribution is 2.23. The molecule has 1 atom stereocenters. The predicted octanol–water partition coefficient (Wildman–Crippen LogP) is 0.896. The van der Waals surface area contributed by atoms with E-state index >= 15 is 0 Å². The molecule has 1 aromatic heterocycles. The van der Waals surface area contributed by atoms with Gasteiger partial charge in [0.25, 0.3) is 5.56 Å². The van der Waals surface area contributed by atoms with Crippen LogP contribution in [0.2, 0.25) is 0 Å². The van der Waals surface area contributed by atoms with Gasteiger partial charge in [-0.05, 0) is 19.1 Å². The molecule has 10 heteroatoms. The number of nitrogens with zero attached hydrogens (tertiary/aromatic N) is 2. The molecule has 2 rings (SSSR count). The van der Waals surface area contributed by atoms with E-state index in [0.717, 1.165) is 11.8 Å².